The van der Waals surface area contributed by atoms with Gasteiger partial charge in [-0.3, -0.25) is 0 Å². The molecule has 1 aliphatic heterocycles. The zero-order chi connectivity index (χ0) is 15.1. The van der Waals surface area contributed by atoms with Crippen molar-refractivity contribution in [3.05, 3.63) is 23.5 Å². The third-order valence-electron chi connectivity index (χ3n) is 3.88. The molecule has 1 heterocycles. The highest BCUT2D eigenvalue weighted by Gasteiger charge is 2.37. The fourth-order valence-corrected chi connectivity index (χ4v) is 4.72. The average molecular weight is 300 g/mol. The van der Waals surface area contributed by atoms with Gasteiger partial charge in [0.05, 0.1) is 10.6 Å². The molecule has 1 fully saturated rings. The number of hydrogen-bond acceptors (Lipinski definition) is 3. The zero-order valence-electron chi connectivity index (χ0n) is 12.1. The highest BCUT2D eigenvalue weighted by Crippen LogP contribution is 2.31. The summed E-state index contributed by atoms with van der Waals surface area (Å²) < 4.78 is 40.5. The molecule has 2 rings (SSSR count). The Morgan fingerprint density at radius 3 is 2.60 bits per heavy atom. The Morgan fingerprint density at radius 2 is 2.05 bits per heavy atom. The van der Waals surface area contributed by atoms with E-state index in [9.17, 15) is 12.8 Å². The van der Waals surface area contributed by atoms with Crippen LogP contribution in [-0.4, -0.2) is 25.3 Å². The van der Waals surface area contributed by atoms with Gasteiger partial charge in [0.25, 0.3) is 0 Å². The molecular formula is C14H21FN2O2S. The summed E-state index contributed by atoms with van der Waals surface area (Å²) in [6.07, 6.45) is 1.73. The Labute approximate surface area is 119 Å². The Bertz CT molecular complexity index is 591. The van der Waals surface area contributed by atoms with E-state index < -0.39 is 15.8 Å². The highest BCUT2D eigenvalue weighted by molar-refractivity contribution is 7.89. The lowest BCUT2D eigenvalue weighted by molar-refractivity contribution is 0.315. The molecular weight excluding hydrogens is 279 g/mol. The van der Waals surface area contributed by atoms with E-state index in [1.54, 1.807) is 0 Å². The lowest BCUT2D eigenvalue weighted by Crippen LogP contribution is -2.38. The predicted molar refractivity (Wildman–Crippen MR) is 77.3 cm³/mol. The third-order valence-corrected chi connectivity index (χ3v) is 5.78. The SMILES string of the molecule is Cc1cc(S(=O)(=O)N2CCCC2C(C)C)cc(N)c1F. The number of halogens is 1. The molecule has 0 aromatic heterocycles. The molecule has 0 saturated carbocycles. The molecule has 1 aromatic rings. The van der Waals surface area contributed by atoms with Gasteiger partial charge in [-0.25, -0.2) is 12.8 Å². The predicted octanol–water partition coefficient (Wildman–Crippen LogP) is 2.53. The van der Waals surface area contributed by atoms with Crippen molar-refractivity contribution < 1.29 is 12.8 Å². The number of hydrogen-bond donors (Lipinski definition) is 1. The number of aryl methyl sites for hydroxylation is 1. The summed E-state index contributed by atoms with van der Waals surface area (Å²) in [4.78, 5) is 0.0847. The molecule has 0 amide bonds. The van der Waals surface area contributed by atoms with Crippen LogP contribution in [0.4, 0.5) is 10.1 Å². The van der Waals surface area contributed by atoms with Crippen LogP contribution in [0.15, 0.2) is 17.0 Å². The maximum atomic E-state index is 13.5. The fourth-order valence-electron chi connectivity index (χ4n) is 2.78. The quantitative estimate of drug-likeness (QED) is 0.872. The van der Waals surface area contributed by atoms with Crippen LogP contribution in [0.1, 0.15) is 32.3 Å². The number of sulfonamides is 1. The van der Waals surface area contributed by atoms with Gasteiger partial charge in [-0.15, -0.1) is 0 Å². The van der Waals surface area contributed by atoms with Crippen LogP contribution >= 0.6 is 0 Å². The largest absolute Gasteiger partial charge is 0.396 e. The van der Waals surface area contributed by atoms with Crippen molar-refractivity contribution >= 4 is 15.7 Å². The molecule has 1 unspecified atom stereocenters. The topological polar surface area (TPSA) is 63.4 Å². The van der Waals surface area contributed by atoms with E-state index in [2.05, 4.69) is 0 Å². The first-order chi connectivity index (χ1) is 9.25. The number of nitrogen functional groups attached to an aromatic ring is 1. The van der Waals surface area contributed by atoms with Crippen LogP contribution in [-0.2, 0) is 10.0 Å². The standard InChI is InChI=1S/C14H21FN2O2S/c1-9(2)13-5-4-6-17(13)20(18,19)11-7-10(3)14(15)12(16)8-11/h7-9,13H,4-6,16H2,1-3H3. The van der Waals surface area contributed by atoms with Crippen molar-refractivity contribution in [3.8, 4) is 0 Å². The van der Waals surface area contributed by atoms with Gasteiger partial charge in [-0.1, -0.05) is 13.8 Å². The van der Waals surface area contributed by atoms with Gasteiger partial charge in [-0.2, -0.15) is 4.31 Å². The van der Waals surface area contributed by atoms with Gasteiger partial charge in [0.1, 0.15) is 5.82 Å². The van der Waals surface area contributed by atoms with Gasteiger partial charge in [0, 0.05) is 12.6 Å². The minimum Gasteiger partial charge on any atom is -0.396 e. The van der Waals surface area contributed by atoms with E-state index in [1.165, 1.54) is 23.4 Å². The van der Waals surface area contributed by atoms with Crippen LogP contribution < -0.4 is 5.73 Å². The summed E-state index contributed by atoms with van der Waals surface area (Å²) in [6, 6.07) is 2.58. The summed E-state index contributed by atoms with van der Waals surface area (Å²) in [5.74, 6) is -0.294. The fraction of sp³-hybridized carbons (Fsp3) is 0.571. The smallest absolute Gasteiger partial charge is 0.243 e. The molecule has 2 N–H and O–H groups in total. The number of benzene rings is 1. The van der Waals surface area contributed by atoms with Crippen molar-refractivity contribution in [3.63, 3.8) is 0 Å². The summed E-state index contributed by atoms with van der Waals surface area (Å²) in [5.41, 5.74) is 5.69. The van der Waals surface area contributed by atoms with Gasteiger partial charge >= 0.3 is 0 Å². The van der Waals surface area contributed by atoms with Gasteiger partial charge < -0.3 is 5.73 Å². The maximum Gasteiger partial charge on any atom is 0.243 e. The summed E-state index contributed by atoms with van der Waals surface area (Å²) in [5, 5.41) is 0. The Kier molecular flexibility index (Phi) is 4.07. The van der Waals surface area contributed by atoms with Crippen LogP contribution in [0.2, 0.25) is 0 Å². The molecule has 0 spiro atoms. The Balaban J connectivity index is 2.45. The van der Waals surface area contributed by atoms with E-state index >= 15 is 0 Å². The van der Waals surface area contributed by atoms with Crippen LogP contribution in [0, 0.1) is 18.7 Å². The van der Waals surface area contributed by atoms with E-state index in [0.29, 0.717) is 6.54 Å². The highest BCUT2D eigenvalue weighted by atomic mass is 32.2. The van der Waals surface area contributed by atoms with Gasteiger partial charge in [-0.05, 0) is 43.4 Å². The van der Waals surface area contributed by atoms with Crippen molar-refractivity contribution in [1.82, 2.24) is 4.31 Å². The summed E-state index contributed by atoms with van der Waals surface area (Å²) in [7, 11) is -3.61. The molecule has 1 aliphatic rings. The first-order valence-corrected chi connectivity index (χ1v) is 8.26. The second-order valence-corrected chi connectivity index (χ2v) is 7.60. The second-order valence-electron chi connectivity index (χ2n) is 5.71. The molecule has 20 heavy (non-hydrogen) atoms. The molecule has 6 heteroatoms. The van der Waals surface area contributed by atoms with Crippen molar-refractivity contribution in [1.29, 1.82) is 0 Å². The lowest BCUT2D eigenvalue weighted by Gasteiger charge is -2.27. The molecule has 112 valence electrons. The minimum absolute atomic E-state index is 0.00610. The van der Waals surface area contributed by atoms with E-state index in [4.69, 9.17) is 5.73 Å². The number of nitrogens with two attached hydrogens (primary N) is 1. The van der Waals surface area contributed by atoms with E-state index in [-0.39, 0.29) is 28.1 Å². The average Bonchev–Trinajstić information content (AvgIpc) is 2.85. The first kappa shape index (κ1) is 15.3. The molecule has 0 aliphatic carbocycles. The van der Waals surface area contributed by atoms with Crippen molar-refractivity contribution in [2.24, 2.45) is 5.92 Å². The monoisotopic (exact) mass is 300 g/mol. The lowest BCUT2D eigenvalue weighted by atomic mass is 10.0. The van der Waals surface area contributed by atoms with Crippen LogP contribution in [0.25, 0.3) is 0 Å². The van der Waals surface area contributed by atoms with Crippen molar-refractivity contribution in [2.45, 2.75) is 44.6 Å². The molecule has 4 nitrogen and oxygen atoms in total. The first-order valence-electron chi connectivity index (χ1n) is 6.82. The maximum absolute atomic E-state index is 13.5. The van der Waals surface area contributed by atoms with Crippen molar-refractivity contribution in [2.75, 3.05) is 12.3 Å². The molecule has 1 aromatic carbocycles. The minimum atomic E-state index is -3.61. The number of nitrogens with zero attached hydrogens (tertiary/aromatic N) is 1. The molecule has 1 saturated heterocycles. The second kappa shape index (κ2) is 5.33. The number of anilines is 1. The van der Waals surface area contributed by atoms with Gasteiger partial charge in [0.15, 0.2) is 0 Å². The zero-order valence-corrected chi connectivity index (χ0v) is 12.9. The Hall–Kier alpha value is -1.14. The van der Waals surface area contributed by atoms with E-state index in [0.717, 1.165) is 12.8 Å². The van der Waals surface area contributed by atoms with Crippen LogP contribution in [0.3, 0.4) is 0 Å². The normalized spacial score (nSPS) is 20.8. The van der Waals surface area contributed by atoms with E-state index in [1.807, 2.05) is 13.8 Å². The number of rotatable bonds is 3. The third kappa shape index (κ3) is 2.54. The molecule has 0 radical (unpaired) electrons. The summed E-state index contributed by atoms with van der Waals surface area (Å²) >= 11 is 0. The van der Waals surface area contributed by atoms with Gasteiger partial charge in [0.2, 0.25) is 10.0 Å². The molecule has 0 bridgehead atoms. The summed E-state index contributed by atoms with van der Waals surface area (Å²) in [6.45, 7) is 6.07. The Morgan fingerprint density at radius 1 is 1.40 bits per heavy atom. The van der Waals surface area contributed by atoms with Crippen LogP contribution in [0.5, 0.6) is 0 Å². The molecule has 1 atom stereocenters.